The third-order valence-corrected chi connectivity index (χ3v) is 9.20. The van der Waals surface area contributed by atoms with Gasteiger partial charge in [0.05, 0.1) is 28.5 Å². The maximum absolute atomic E-state index is 13.5. The van der Waals surface area contributed by atoms with Crippen LogP contribution in [0.3, 0.4) is 0 Å². The molecule has 13 nitrogen and oxygen atoms in total. The maximum Gasteiger partial charge on any atom is 0.413 e. The van der Waals surface area contributed by atoms with E-state index in [0.29, 0.717) is 28.8 Å². The third kappa shape index (κ3) is 9.56. The van der Waals surface area contributed by atoms with Crippen molar-refractivity contribution in [3.63, 3.8) is 0 Å². The van der Waals surface area contributed by atoms with Gasteiger partial charge in [0.25, 0.3) is 10.0 Å². The van der Waals surface area contributed by atoms with Crippen LogP contribution in [0.2, 0.25) is 5.15 Å². The van der Waals surface area contributed by atoms with Crippen LogP contribution in [0.4, 0.5) is 15.4 Å². The SMILES string of the molecule is Cc1nn(S(=O)(=O)c2ccccc2)c2cnc(-c3cc(OC[C@H](Cc4ccccc4)NC(=O)OC(C)(C)C)c(NC(=O)OC(C)(C)C)nc3Cl)cc12. The second-order valence-corrected chi connectivity index (χ2v) is 16.1. The number of fused-ring (bicyclic) bond motifs is 1. The molecule has 2 N–H and O–H groups in total. The zero-order chi connectivity index (χ0) is 37.8. The molecule has 0 spiro atoms. The molecule has 5 aromatic rings. The van der Waals surface area contributed by atoms with Crippen LogP contribution in [0.15, 0.2) is 83.9 Å². The lowest BCUT2D eigenvalue weighted by Gasteiger charge is -2.24. The van der Waals surface area contributed by atoms with Gasteiger partial charge in [0, 0.05) is 10.9 Å². The van der Waals surface area contributed by atoms with Gasteiger partial charge in [0.15, 0.2) is 11.6 Å². The lowest BCUT2D eigenvalue weighted by molar-refractivity contribution is 0.0487. The summed E-state index contributed by atoms with van der Waals surface area (Å²) in [5, 5.41) is 10.3. The van der Waals surface area contributed by atoms with Crippen molar-refractivity contribution in [2.45, 2.75) is 77.0 Å². The van der Waals surface area contributed by atoms with Crippen LogP contribution < -0.4 is 15.4 Å². The molecular formula is C37H41ClN6O7S. The lowest BCUT2D eigenvalue weighted by atomic mass is 10.1. The van der Waals surface area contributed by atoms with E-state index < -0.39 is 39.5 Å². The average Bonchev–Trinajstić information content (AvgIpc) is 3.39. The second kappa shape index (κ2) is 15.2. The highest BCUT2D eigenvalue weighted by molar-refractivity contribution is 7.90. The van der Waals surface area contributed by atoms with Crippen LogP contribution >= 0.6 is 11.6 Å². The summed E-state index contributed by atoms with van der Waals surface area (Å²) in [5.41, 5.74) is 0.790. The predicted octanol–water partition coefficient (Wildman–Crippen LogP) is 7.55. The molecule has 5 rings (SSSR count). The molecule has 3 aromatic heterocycles. The number of hydrogen-bond acceptors (Lipinski definition) is 10. The van der Waals surface area contributed by atoms with Crippen molar-refractivity contribution >= 4 is 50.5 Å². The van der Waals surface area contributed by atoms with Gasteiger partial charge in [-0.1, -0.05) is 60.1 Å². The van der Waals surface area contributed by atoms with Crippen LogP contribution in [0.25, 0.3) is 22.2 Å². The second-order valence-electron chi connectivity index (χ2n) is 14.0. The Morgan fingerprint density at radius 3 is 2.15 bits per heavy atom. The normalized spacial score (nSPS) is 12.6. The summed E-state index contributed by atoms with van der Waals surface area (Å²) in [5.74, 6) is 0.0769. The minimum absolute atomic E-state index is 0.0278. The fourth-order valence-electron chi connectivity index (χ4n) is 5.12. The van der Waals surface area contributed by atoms with Gasteiger partial charge in [-0.15, -0.1) is 0 Å². The van der Waals surface area contributed by atoms with Crippen molar-refractivity contribution in [3.05, 3.63) is 95.4 Å². The number of aromatic nitrogens is 4. The van der Waals surface area contributed by atoms with Crippen LogP contribution in [-0.4, -0.2) is 63.6 Å². The van der Waals surface area contributed by atoms with Gasteiger partial charge in [0.1, 0.15) is 28.5 Å². The Bertz CT molecular complexity index is 2180. The highest BCUT2D eigenvalue weighted by atomic mass is 35.5. The van der Waals surface area contributed by atoms with E-state index >= 15 is 0 Å². The number of alkyl carbamates (subject to hydrolysis) is 1. The van der Waals surface area contributed by atoms with Gasteiger partial charge < -0.3 is 19.5 Å². The molecule has 0 saturated heterocycles. The molecule has 0 saturated carbocycles. The Morgan fingerprint density at radius 1 is 0.904 bits per heavy atom. The number of benzene rings is 2. The number of ether oxygens (including phenoxy) is 3. The smallest absolute Gasteiger partial charge is 0.413 e. The number of carbonyl (C=O) groups is 2. The molecule has 15 heteroatoms. The minimum atomic E-state index is -4.01. The van der Waals surface area contributed by atoms with Gasteiger partial charge in [-0.2, -0.15) is 17.6 Å². The molecule has 0 bridgehead atoms. The fraction of sp³-hybridized carbons (Fsp3) is 0.324. The Morgan fingerprint density at radius 2 is 1.52 bits per heavy atom. The molecule has 2 amide bonds. The molecule has 3 heterocycles. The number of anilines is 1. The van der Waals surface area contributed by atoms with E-state index in [1.807, 2.05) is 30.3 Å². The van der Waals surface area contributed by atoms with Crippen LogP contribution in [0.5, 0.6) is 5.75 Å². The van der Waals surface area contributed by atoms with E-state index in [4.69, 9.17) is 25.8 Å². The highest BCUT2D eigenvalue weighted by Gasteiger charge is 2.26. The average molecular weight is 749 g/mol. The number of pyridine rings is 2. The molecule has 0 aliphatic rings. The molecule has 0 fully saturated rings. The summed E-state index contributed by atoms with van der Waals surface area (Å²) in [4.78, 5) is 34.7. The Hall–Kier alpha value is -5.21. The molecule has 0 aliphatic heterocycles. The number of nitrogens with one attached hydrogen (secondary N) is 2. The maximum atomic E-state index is 13.5. The van der Waals surface area contributed by atoms with E-state index in [0.717, 1.165) is 9.65 Å². The fourth-order valence-corrected chi connectivity index (χ4v) is 6.70. The van der Waals surface area contributed by atoms with Crippen molar-refractivity contribution in [3.8, 4) is 17.0 Å². The quantitative estimate of drug-likeness (QED) is 0.136. The molecule has 1 atom stereocenters. The summed E-state index contributed by atoms with van der Waals surface area (Å²) in [6, 6.07) is 20.2. The molecule has 0 radical (unpaired) electrons. The largest absolute Gasteiger partial charge is 0.488 e. The number of rotatable bonds is 10. The summed E-state index contributed by atoms with van der Waals surface area (Å²) in [6.07, 6.45) is 0.386. The number of nitrogens with zero attached hydrogens (tertiary/aromatic N) is 4. The Balaban J connectivity index is 1.52. The predicted molar refractivity (Wildman–Crippen MR) is 198 cm³/mol. The van der Waals surface area contributed by atoms with Gasteiger partial charge in [-0.25, -0.2) is 14.6 Å². The summed E-state index contributed by atoms with van der Waals surface area (Å²) < 4.78 is 45.1. The number of aryl methyl sites for hydroxylation is 1. The standard InChI is InChI=1S/C37H41ClN6O7S/c1-23-27-19-29(39-21-30(27)44(43-23)52(47,48)26-16-12-9-13-17-26)28-20-31(33(41-32(28)38)42-35(46)51-37(5,6)7)49-22-25(18-24-14-10-8-11-15-24)40-34(45)50-36(2,3)4/h8-17,19-21,25H,18,22H2,1-7H3,(H,40,45)(H,41,42,46)/t25-/m0/s1. The van der Waals surface area contributed by atoms with Crippen molar-refractivity contribution in [2.24, 2.45) is 0 Å². The first-order valence-corrected chi connectivity index (χ1v) is 18.2. The monoisotopic (exact) mass is 748 g/mol. The van der Waals surface area contributed by atoms with E-state index in [9.17, 15) is 18.0 Å². The Kier molecular flexibility index (Phi) is 11.1. The summed E-state index contributed by atoms with van der Waals surface area (Å²) in [7, 11) is -4.01. The van der Waals surface area contributed by atoms with Crippen molar-refractivity contribution < 1.29 is 32.2 Å². The van der Waals surface area contributed by atoms with Crippen molar-refractivity contribution in [1.82, 2.24) is 24.5 Å². The Labute approximate surface area is 307 Å². The summed E-state index contributed by atoms with van der Waals surface area (Å²) in [6.45, 7) is 12.1. The lowest BCUT2D eigenvalue weighted by Crippen LogP contribution is -2.43. The number of hydrogen-bond donors (Lipinski definition) is 2. The zero-order valence-electron chi connectivity index (χ0n) is 29.9. The van der Waals surface area contributed by atoms with Crippen LogP contribution in [0.1, 0.15) is 52.8 Å². The zero-order valence-corrected chi connectivity index (χ0v) is 31.5. The van der Waals surface area contributed by atoms with Crippen LogP contribution in [0, 0.1) is 6.92 Å². The van der Waals surface area contributed by atoms with E-state index in [1.165, 1.54) is 18.3 Å². The molecular weight excluding hydrogens is 708 g/mol. The first-order valence-electron chi connectivity index (χ1n) is 16.4. The number of carbonyl (C=O) groups excluding carboxylic acids is 2. The topological polar surface area (TPSA) is 164 Å². The highest BCUT2D eigenvalue weighted by Crippen LogP contribution is 2.36. The molecule has 52 heavy (non-hydrogen) atoms. The first-order chi connectivity index (χ1) is 24.4. The molecule has 2 aromatic carbocycles. The number of amides is 2. The van der Waals surface area contributed by atoms with E-state index in [-0.39, 0.29) is 33.7 Å². The molecule has 0 unspecified atom stereocenters. The minimum Gasteiger partial charge on any atom is -0.488 e. The van der Waals surface area contributed by atoms with Gasteiger partial charge in [0.2, 0.25) is 0 Å². The van der Waals surface area contributed by atoms with Gasteiger partial charge in [-0.3, -0.25) is 10.3 Å². The molecule has 0 aliphatic carbocycles. The van der Waals surface area contributed by atoms with Crippen LogP contribution in [-0.2, 0) is 25.9 Å². The first kappa shape index (κ1) is 38.0. The van der Waals surface area contributed by atoms with E-state index in [2.05, 4.69) is 25.7 Å². The van der Waals surface area contributed by atoms with Gasteiger partial charge >= 0.3 is 12.2 Å². The summed E-state index contributed by atoms with van der Waals surface area (Å²) >= 11 is 6.71. The van der Waals surface area contributed by atoms with Crippen molar-refractivity contribution in [2.75, 3.05) is 11.9 Å². The molecule has 274 valence electrons. The van der Waals surface area contributed by atoms with E-state index in [1.54, 1.807) is 78.8 Å². The third-order valence-electron chi connectivity index (χ3n) is 7.31. The van der Waals surface area contributed by atoms with Gasteiger partial charge in [-0.05, 0) is 84.7 Å². The van der Waals surface area contributed by atoms with Crippen molar-refractivity contribution in [1.29, 1.82) is 0 Å². The number of halogens is 1.